The van der Waals surface area contributed by atoms with Crippen LogP contribution in [0.15, 0.2) is 35.1 Å². The van der Waals surface area contributed by atoms with Crippen molar-refractivity contribution in [2.24, 2.45) is 0 Å². The zero-order chi connectivity index (χ0) is 18.1. The number of ether oxygens (including phenoxy) is 1. The lowest BCUT2D eigenvalue weighted by Gasteiger charge is -2.38. The lowest BCUT2D eigenvalue weighted by Crippen LogP contribution is -2.53. The number of carbonyl (C=O) groups is 1. The van der Waals surface area contributed by atoms with Crippen LogP contribution >= 0.6 is 11.6 Å². The predicted molar refractivity (Wildman–Crippen MR) is 97.2 cm³/mol. The van der Waals surface area contributed by atoms with E-state index in [4.69, 9.17) is 20.9 Å². The summed E-state index contributed by atoms with van der Waals surface area (Å²) in [6.07, 6.45) is 2.56. The monoisotopic (exact) mass is 374 g/mol. The number of rotatable bonds is 5. The molecule has 26 heavy (non-hydrogen) atoms. The molecule has 0 spiro atoms. The zero-order valence-corrected chi connectivity index (χ0v) is 15.0. The van der Waals surface area contributed by atoms with E-state index in [1.54, 1.807) is 6.07 Å². The lowest BCUT2D eigenvalue weighted by molar-refractivity contribution is 0.124. The number of hydrogen-bond donors (Lipinski definition) is 2. The minimum Gasteiger partial charge on any atom is -0.486 e. The number of aromatic amines is 1. The van der Waals surface area contributed by atoms with Gasteiger partial charge in [0.05, 0.1) is 11.6 Å². The third-order valence-corrected chi connectivity index (χ3v) is 4.90. The Labute approximate surface area is 155 Å². The number of aromatic nitrogens is 2. The average Bonchev–Trinajstić information content (AvgIpc) is 3.25. The second-order valence-corrected chi connectivity index (χ2v) is 6.84. The molecule has 1 fully saturated rings. The number of halogens is 1. The van der Waals surface area contributed by atoms with Crippen LogP contribution < -0.4 is 10.1 Å². The molecule has 1 atom stereocenters. The van der Waals surface area contributed by atoms with Crippen LogP contribution in [-0.4, -0.2) is 33.7 Å². The highest BCUT2D eigenvalue weighted by Gasteiger charge is 2.27. The summed E-state index contributed by atoms with van der Waals surface area (Å²) in [7, 11) is 0. The molecular formula is C18H19ClN4O3. The van der Waals surface area contributed by atoms with Gasteiger partial charge in [-0.3, -0.25) is 0 Å². The van der Waals surface area contributed by atoms with Crippen molar-refractivity contribution in [1.29, 1.82) is 0 Å². The Morgan fingerprint density at radius 1 is 1.50 bits per heavy atom. The van der Waals surface area contributed by atoms with Crippen LogP contribution in [0.4, 0.5) is 4.79 Å². The van der Waals surface area contributed by atoms with Crippen molar-refractivity contribution >= 4 is 28.5 Å². The van der Waals surface area contributed by atoms with E-state index >= 15 is 0 Å². The van der Waals surface area contributed by atoms with E-state index < -0.39 is 0 Å². The topological polar surface area (TPSA) is 83.4 Å². The molecule has 136 valence electrons. The molecule has 2 aromatic heterocycles. The van der Waals surface area contributed by atoms with Crippen LogP contribution in [0.3, 0.4) is 0 Å². The van der Waals surface area contributed by atoms with Gasteiger partial charge in [-0.05, 0) is 25.5 Å². The van der Waals surface area contributed by atoms with Crippen molar-refractivity contribution in [2.75, 3.05) is 6.54 Å². The molecule has 1 aliphatic heterocycles. The normalized spacial score (nSPS) is 16.5. The molecule has 4 rings (SSSR count). The number of nitrogens with one attached hydrogen (secondary N) is 2. The van der Waals surface area contributed by atoms with Gasteiger partial charge in [-0.15, -0.1) is 0 Å². The Morgan fingerprint density at radius 3 is 3.08 bits per heavy atom. The van der Waals surface area contributed by atoms with Gasteiger partial charge in [-0.1, -0.05) is 16.8 Å². The SMILES string of the molecule is C[C@@H]1CCN1C(=O)NCc1cc2cc(Cl)c(OCc3ccon3)cc2[nH]1. The van der Waals surface area contributed by atoms with Crippen LogP contribution in [0.2, 0.25) is 5.02 Å². The van der Waals surface area contributed by atoms with Gasteiger partial charge in [-0.2, -0.15) is 0 Å². The molecule has 1 aliphatic rings. The van der Waals surface area contributed by atoms with Gasteiger partial charge in [0, 0.05) is 41.3 Å². The first-order chi connectivity index (χ1) is 12.6. The molecule has 3 aromatic rings. The van der Waals surface area contributed by atoms with Crippen molar-refractivity contribution in [3.05, 3.63) is 46.9 Å². The summed E-state index contributed by atoms with van der Waals surface area (Å²) in [5.74, 6) is 0.564. The first kappa shape index (κ1) is 16.8. The van der Waals surface area contributed by atoms with E-state index in [-0.39, 0.29) is 12.6 Å². The largest absolute Gasteiger partial charge is 0.486 e. The predicted octanol–water partition coefficient (Wildman–Crippen LogP) is 3.69. The number of benzene rings is 1. The molecule has 1 aromatic carbocycles. The molecule has 0 aliphatic carbocycles. The van der Waals surface area contributed by atoms with Gasteiger partial charge in [0.15, 0.2) is 0 Å². The van der Waals surface area contributed by atoms with Gasteiger partial charge in [0.1, 0.15) is 24.3 Å². The van der Waals surface area contributed by atoms with Crippen molar-refractivity contribution in [1.82, 2.24) is 20.4 Å². The molecule has 2 amide bonds. The minimum absolute atomic E-state index is 0.0305. The fourth-order valence-corrected chi connectivity index (χ4v) is 3.18. The number of hydrogen-bond acceptors (Lipinski definition) is 4. The van der Waals surface area contributed by atoms with E-state index in [0.29, 0.717) is 29.1 Å². The summed E-state index contributed by atoms with van der Waals surface area (Å²) in [5, 5.41) is 8.22. The third-order valence-electron chi connectivity index (χ3n) is 4.61. The molecule has 2 N–H and O–H groups in total. The number of urea groups is 1. The molecule has 0 bridgehead atoms. The van der Waals surface area contributed by atoms with Gasteiger partial charge in [0.25, 0.3) is 0 Å². The second-order valence-electron chi connectivity index (χ2n) is 6.43. The van der Waals surface area contributed by atoms with E-state index in [9.17, 15) is 4.79 Å². The molecule has 0 saturated carbocycles. The quantitative estimate of drug-likeness (QED) is 0.713. The highest BCUT2D eigenvalue weighted by atomic mass is 35.5. The highest BCUT2D eigenvalue weighted by molar-refractivity contribution is 6.32. The van der Waals surface area contributed by atoms with Gasteiger partial charge >= 0.3 is 6.03 Å². The fraction of sp³-hybridized carbons (Fsp3) is 0.333. The number of likely N-dealkylation sites (tertiary alicyclic amines) is 1. The Balaban J connectivity index is 1.43. The van der Waals surface area contributed by atoms with Crippen LogP contribution in [0.1, 0.15) is 24.7 Å². The van der Waals surface area contributed by atoms with E-state index in [1.165, 1.54) is 6.26 Å². The number of H-pyrrole nitrogens is 1. The summed E-state index contributed by atoms with van der Waals surface area (Å²) < 4.78 is 10.5. The maximum atomic E-state index is 12.1. The van der Waals surface area contributed by atoms with Gasteiger partial charge in [-0.25, -0.2) is 4.79 Å². The first-order valence-electron chi connectivity index (χ1n) is 8.48. The molecule has 7 nitrogen and oxygen atoms in total. The summed E-state index contributed by atoms with van der Waals surface area (Å²) in [6.45, 7) is 3.58. The standard InChI is InChI=1S/C18H19ClN4O3/c1-11-2-4-23(11)18(24)20-9-14-6-12-7-15(19)17(8-16(12)21-14)25-10-13-3-5-26-22-13/h3,5-8,11,21H,2,4,9-10H2,1H3,(H,20,24)/t11-/m1/s1. The second kappa shape index (κ2) is 6.92. The molecule has 0 radical (unpaired) electrons. The third kappa shape index (κ3) is 3.35. The summed E-state index contributed by atoms with van der Waals surface area (Å²) in [5.41, 5.74) is 2.49. The maximum absolute atomic E-state index is 12.1. The van der Waals surface area contributed by atoms with Gasteiger partial charge < -0.3 is 24.5 Å². The Bertz CT molecular complexity index is 922. The summed E-state index contributed by atoms with van der Waals surface area (Å²) in [6, 6.07) is 7.69. The van der Waals surface area contributed by atoms with Crippen LogP contribution in [0, 0.1) is 0 Å². The number of amides is 2. The van der Waals surface area contributed by atoms with Crippen LogP contribution in [0.5, 0.6) is 5.75 Å². The number of fused-ring (bicyclic) bond motifs is 1. The van der Waals surface area contributed by atoms with Crippen molar-refractivity contribution in [2.45, 2.75) is 32.5 Å². The summed E-state index contributed by atoms with van der Waals surface area (Å²) in [4.78, 5) is 17.2. The first-order valence-corrected chi connectivity index (χ1v) is 8.85. The Kier molecular flexibility index (Phi) is 4.46. The van der Waals surface area contributed by atoms with Crippen molar-refractivity contribution in [3.8, 4) is 5.75 Å². The molecular weight excluding hydrogens is 356 g/mol. The maximum Gasteiger partial charge on any atom is 0.317 e. The number of nitrogens with zero attached hydrogens (tertiary/aromatic N) is 2. The van der Waals surface area contributed by atoms with E-state index in [2.05, 4.69) is 22.4 Å². The Morgan fingerprint density at radius 2 is 2.38 bits per heavy atom. The van der Waals surface area contributed by atoms with Gasteiger partial charge in [0.2, 0.25) is 0 Å². The number of carbonyl (C=O) groups excluding carboxylic acids is 1. The molecule has 8 heteroatoms. The van der Waals surface area contributed by atoms with Crippen LogP contribution in [0.25, 0.3) is 10.9 Å². The molecule has 3 heterocycles. The Hall–Kier alpha value is -2.67. The molecule has 0 unspecified atom stereocenters. The van der Waals surface area contributed by atoms with Crippen LogP contribution in [-0.2, 0) is 13.2 Å². The van der Waals surface area contributed by atoms with E-state index in [1.807, 2.05) is 23.1 Å². The smallest absolute Gasteiger partial charge is 0.317 e. The average molecular weight is 375 g/mol. The summed E-state index contributed by atoms with van der Waals surface area (Å²) >= 11 is 6.31. The zero-order valence-electron chi connectivity index (χ0n) is 14.3. The van der Waals surface area contributed by atoms with Crippen molar-refractivity contribution in [3.63, 3.8) is 0 Å². The fourth-order valence-electron chi connectivity index (χ4n) is 2.95. The minimum atomic E-state index is -0.0305. The molecule has 1 saturated heterocycles. The highest BCUT2D eigenvalue weighted by Crippen LogP contribution is 2.31. The van der Waals surface area contributed by atoms with E-state index in [0.717, 1.165) is 29.6 Å². The van der Waals surface area contributed by atoms with Crippen molar-refractivity contribution < 1.29 is 14.1 Å². The lowest BCUT2D eigenvalue weighted by atomic mass is 10.1.